The van der Waals surface area contributed by atoms with Gasteiger partial charge < -0.3 is 14.7 Å². The van der Waals surface area contributed by atoms with E-state index in [9.17, 15) is 18.7 Å². The first-order chi connectivity index (χ1) is 17.8. The lowest BCUT2D eigenvalue weighted by atomic mass is 9.79. The molecule has 2 heterocycles. The van der Waals surface area contributed by atoms with E-state index in [-0.39, 0.29) is 23.2 Å². The number of methoxy groups -OCH3 is 1. The Bertz CT molecular complexity index is 1230. The average molecular weight is 533 g/mol. The minimum absolute atomic E-state index is 0.0270. The van der Waals surface area contributed by atoms with Gasteiger partial charge in [0.2, 0.25) is 0 Å². The molecule has 5 nitrogen and oxygen atoms in total. The molecular weight excluding hydrogens is 501 g/mol. The monoisotopic (exact) mass is 532 g/mol. The summed E-state index contributed by atoms with van der Waals surface area (Å²) >= 11 is 1.25. The highest BCUT2D eigenvalue weighted by atomic mass is 32.2. The zero-order valence-electron chi connectivity index (χ0n) is 20.7. The molecule has 1 fully saturated rings. The van der Waals surface area contributed by atoms with Crippen LogP contribution in [0.1, 0.15) is 37.4 Å². The van der Waals surface area contributed by atoms with E-state index in [1.54, 1.807) is 31.5 Å². The normalized spacial score (nSPS) is 19.1. The second-order valence-corrected chi connectivity index (χ2v) is 10.6. The lowest BCUT2D eigenvalue weighted by Gasteiger charge is -2.38. The lowest BCUT2D eigenvalue weighted by molar-refractivity contribution is -0.139. The predicted octanol–water partition coefficient (Wildman–Crippen LogP) is 6.52. The number of hydrogen-bond donors (Lipinski definition) is 1. The molecule has 1 N–H and O–H groups in total. The Morgan fingerprint density at radius 1 is 1.22 bits per heavy atom. The SMILES string of the molecule is COc1ccc2nccc(C(F)CC[C@@H]3CCN(CCSc4cc(F)ccc4F)C[C@@H]3CC(=O)O)c2c1. The Hall–Kier alpha value is -2.78. The summed E-state index contributed by atoms with van der Waals surface area (Å²) in [6.07, 6.45) is 2.10. The zero-order valence-corrected chi connectivity index (χ0v) is 21.5. The van der Waals surface area contributed by atoms with Gasteiger partial charge in [-0.05, 0) is 85.7 Å². The third-order valence-corrected chi connectivity index (χ3v) is 8.09. The summed E-state index contributed by atoms with van der Waals surface area (Å²) in [5.74, 6) is -0.578. The molecule has 1 unspecified atom stereocenters. The van der Waals surface area contributed by atoms with E-state index in [0.29, 0.717) is 48.5 Å². The maximum Gasteiger partial charge on any atom is 0.303 e. The number of rotatable bonds is 11. The number of aliphatic carboxylic acids is 1. The van der Waals surface area contributed by atoms with E-state index in [4.69, 9.17) is 4.74 Å². The van der Waals surface area contributed by atoms with E-state index >= 15 is 4.39 Å². The van der Waals surface area contributed by atoms with Crippen molar-refractivity contribution in [2.24, 2.45) is 11.8 Å². The van der Waals surface area contributed by atoms with E-state index in [1.165, 1.54) is 17.8 Å². The van der Waals surface area contributed by atoms with Crippen LogP contribution in [-0.4, -0.2) is 53.5 Å². The second-order valence-electron chi connectivity index (χ2n) is 9.46. The van der Waals surface area contributed by atoms with Crippen molar-refractivity contribution >= 4 is 28.6 Å². The van der Waals surface area contributed by atoms with Crippen LogP contribution in [0.2, 0.25) is 0 Å². The van der Waals surface area contributed by atoms with Crippen molar-refractivity contribution in [3.8, 4) is 5.75 Å². The summed E-state index contributed by atoms with van der Waals surface area (Å²) in [6.45, 7) is 1.99. The largest absolute Gasteiger partial charge is 0.497 e. The third-order valence-electron chi connectivity index (χ3n) is 7.08. The van der Waals surface area contributed by atoms with Gasteiger partial charge in [-0.15, -0.1) is 11.8 Å². The number of halogens is 3. The maximum atomic E-state index is 15.5. The van der Waals surface area contributed by atoms with Gasteiger partial charge >= 0.3 is 5.97 Å². The first-order valence-electron chi connectivity index (χ1n) is 12.4. The van der Waals surface area contributed by atoms with E-state index in [0.717, 1.165) is 30.5 Å². The molecule has 37 heavy (non-hydrogen) atoms. The number of ether oxygens (including phenoxy) is 1. The van der Waals surface area contributed by atoms with Crippen LogP contribution in [0, 0.1) is 23.5 Å². The van der Waals surface area contributed by atoms with Gasteiger partial charge in [0, 0.05) is 41.7 Å². The van der Waals surface area contributed by atoms with Crippen molar-refractivity contribution in [3.63, 3.8) is 0 Å². The minimum atomic E-state index is -1.20. The Balaban J connectivity index is 1.35. The van der Waals surface area contributed by atoms with Gasteiger partial charge in [-0.25, -0.2) is 13.2 Å². The summed E-state index contributed by atoms with van der Waals surface area (Å²) in [5.41, 5.74) is 1.27. The van der Waals surface area contributed by atoms with Gasteiger partial charge in [-0.2, -0.15) is 0 Å². The number of nitrogens with zero attached hydrogens (tertiary/aromatic N) is 2. The molecule has 3 atom stereocenters. The number of carboxylic acids is 1. The number of likely N-dealkylation sites (tertiary alicyclic amines) is 1. The molecule has 1 aliphatic rings. The Kier molecular flexibility index (Phi) is 9.32. The molecule has 9 heteroatoms. The molecule has 0 aliphatic carbocycles. The second kappa shape index (κ2) is 12.6. The number of alkyl halides is 1. The van der Waals surface area contributed by atoms with Gasteiger partial charge in [-0.1, -0.05) is 0 Å². The molecule has 4 rings (SSSR count). The lowest BCUT2D eigenvalue weighted by Crippen LogP contribution is -2.42. The van der Waals surface area contributed by atoms with Gasteiger partial charge in [0.25, 0.3) is 0 Å². The molecule has 1 aromatic heterocycles. The number of fused-ring (bicyclic) bond motifs is 1. The molecule has 0 saturated carbocycles. The first kappa shape index (κ1) is 27.3. The van der Waals surface area contributed by atoms with Crippen LogP contribution in [-0.2, 0) is 4.79 Å². The summed E-state index contributed by atoms with van der Waals surface area (Å²) in [7, 11) is 1.57. The molecule has 0 amide bonds. The molecule has 198 valence electrons. The molecular formula is C28H31F3N2O3S. The minimum Gasteiger partial charge on any atom is -0.497 e. The van der Waals surface area contributed by atoms with Crippen LogP contribution in [0.15, 0.2) is 53.6 Å². The Morgan fingerprint density at radius 3 is 2.84 bits per heavy atom. The first-order valence-corrected chi connectivity index (χ1v) is 13.4. The molecule has 0 bridgehead atoms. The number of aromatic nitrogens is 1. The van der Waals surface area contributed by atoms with Crippen molar-refractivity contribution in [3.05, 3.63) is 65.9 Å². The maximum absolute atomic E-state index is 15.5. The summed E-state index contributed by atoms with van der Waals surface area (Å²) in [5, 5.41) is 10.2. The number of piperidine rings is 1. The molecule has 0 spiro atoms. The van der Waals surface area contributed by atoms with Crippen LogP contribution < -0.4 is 4.74 Å². The van der Waals surface area contributed by atoms with Crippen LogP contribution in [0.4, 0.5) is 13.2 Å². The highest BCUT2D eigenvalue weighted by Gasteiger charge is 2.31. The fourth-order valence-electron chi connectivity index (χ4n) is 5.13. The Labute approximate surface area is 219 Å². The molecule has 3 aromatic rings. The average Bonchev–Trinajstić information content (AvgIpc) is 2.89. The number of thioether (sulfide) groups is 1. The highest BCUT2D eigenvalue weighted by Crippen LogP contribution is 2.36. The zero-order chi connectivity index (χ0) is 26.4. The molecule has 2 aromatic carbocycles. The fraction of sp³-hybridized carbons (Fsp3) is 0.429. The van der Waals surface area contributed by atoms with Crippen LogP contribution >= 0.6 is 11.8 Å². The fourth-order valence-corrected chi connectivity index (χ4v) is 6.10. The van der Waals surface area contributed by atoms with Gasteiger partial charge in [0.1, 0.15) is 23.6 Å². The van der Waals surface area contributed by atoms with Crippen molar-refractivity contribution in [2.45, 2.75) is 36.8 Å². The van der Waals surface area contributed by atoms with Crippen molar-refractivity contribution in [1.82, 2.24) is 9.88 Å². The predicted molar refractivity (Wildman–Crippen MR) is 139 cm³/mol. The number of carbonyl (C=O) groups is 1. The van der Waals surface area contributed by atoms with E-state index in [2.05, 4.69) is 9.88 Å². The van der Waals surface area contributed by atoms with E-state index < -0.39 is 23.8 Å². The molecule has 1 saturated heterocycles. The quantitative estimate of drug-likeness (QED) is 0.284. The highest BCUT2D eigenvalue weighted by molar-refractivity contribution is 7.99. The topological polar surface area (TPSA) is 62.7 Å². The van der Waals surface area contributed by atoms with Gasteiger partial charge in [-0.3, -0.25) is 9.78 Å². The smallest absolute Gasteiger partial charge is 0.303 e. The van der Waals surface area contributed by atoms with Crippen LogP contribution in [0.25, 0.3) is 10.9 Å². The van der Waals surface area contributed by atoms with Gasteiger partial charge in [0.05, 0.1) is 12.6 Å². The summed E-state index contributed by atoms with van der Waals surface area (Å²) in [4.78, 5) is 18.3. The molecule has 0 radical (unpaired) electrons. The number of carboxylic acid groups (broad SMARTS) is 1. The summed E-state index contributed by atoms with van der Waals surface area (Å²) < 4.78 is 48.0. The Morgan fingerprint density at radius 2 is 2.05 bits per heavy atom. The standard InChI is InChI=1S/C28H31F3N2O3S/c1-36-21-4-7-26-23(16-21)22(8-10-32-26)24(30)5-2-18-9-11-33(17-19(18)14-28(34)35)12-13-37-27-15-20(29)3-6-25(27)31/h3-4,6-8,10,15-16,18-19,24H,2,5,9,11-14,17H2,1H3,(H,34,35)/t18-,19+,24?/m1/s1. The van der Waals surface area contributed by atoms with Crippen LogP contribution in [0.3, 0.4) is 0 Å². The third kappa shape index (κ3) is 7.17. The molecule has 1 aliphatic heterocycles. The number of hydrogen-bond acceptors (Lipinski definition) is 5. The van der Waals surface area contributed by atoms with E-state index in [1.807, 2.05) is 6.07 Å². The van der Waals surface area contributed by atoms with Crippen molar-refractivity contribution < 1.29 is 27.8 Å². The number of benzene rings is 2. The van der Waals surface area contributed by atoms with Gasteiger partial charge in [0.15, 0.2) is 0 Å². The van der Waals surface area contributed by atoms with Crippen molar-refractivity contribution in [2.75, 3.05) is 32.5 Å². The summed E-state index contributed by atoms with van der Waals surface area (Å²) in [6, 6.07) is 10.5. The van der Waals surface area contributed by atoms with Crippen LogP contribution in [0.5, 0.6) is 5.75 Å². The number of pyridine rings is 1. The van der Waals surface area contributed by atoms with Crippen molar-refractivity contribution in [1.29, 1.82) is 0 Å².